The zero-order valence-electron chi connectivity index (χ0n) is 12.5. The lowest BCUT2D eigenvalue weighted by molar-refractivity contribution is -0.122. The molecular formula is C14H21BrN4O2S. The largest absolute Gasteiger partial charge is 0.353 e. The molecule has 1 aromatic rings. The first kappa shape index (κ1) is 17.4. The van der Waals surface area contributed by atoms with E-state index in [4.69, 9.17) is 0 Å². The van der Waals surface area contributed by atoms with Crippen molar-refractivity contribution in [3.8, 4) is 0 Å². The number of nitrogens with zero attached hydrogens (tertiary/aromatic N) is 1. The van der Waals surface area contributed by atoms with Gasteiger partial charge in [-0.3, -0.25) is 14.5 Å². The van der Waals surface area contributed by atoms with Crippen molar-refractivity contribution in [1.82, 2.24) is 20.9 Å². The number of hydrogen-bond acceptors (Lipinski definition) is 5. The van der Waals surface area contributed by atoms with Gasteiger partial charge >= 0.3 is 0 Å². The highest BCUT2D eigenvalue weighted by Crippen LogP contribution is 2.21. The number of amides is 2. The zero-order valence-corrected chi connectivity index (χ0v) is 14.9. The van der Waals surface area contributed by atoms with E-state index in [1.54, 1.807) is 13.0 Å². The van der Waals surface area contributed by atoms with E-state index in [0.717, 1.165) is 36.5 Å². The van der Waals surface area contributed by atoms with Gasteiger partial charge in [0.15, 0.2) is 0 Å². The highest BCUT2D eigenvalue weighted by atomic mass is 79.9. The lowest BCUT2D eigenvalue weighted by atomic mass is 10.3. The van der Waals surface area contributed by atoms with E-state index in [9.17, 15) is 9.59 Å². The summed E-state index contributed by atoms with van der Waals surface area (Å²) in [5, 5.41) is 8.88. The van der Waals surface area contributed by atoms with Crippen molar-refractivity contribution in [2.75, 3.05) is 39.3 Å². The van der Waals surface area contributed by atoms with Gasteiger partial charge in [0.25, 0.3) is 5.91 Å². The van der Waals surface area contributed by atoms with Gasteiger partial charge in [0.1, 0.15) is 6.04 Å². The normalized spacial score (nSPS) is 17.0. The summed E-state index contributed by atoms with van der Waals surface area (Å²) < 4.78 is 0.894. The van der Waals surface area contributed by atoms with Gasteiger partial charge in [0, 0.05) is 39.3 Å². The molecule has 0 bridgehead atoms. The van der Waals surface area contributed by atoms with E-state index in [2.05, 4.69) is 36.8 Å². The third-order valence-corrected chi connectivity index (χ3v) is 5.10. The third-order valence-electron chi connectivity index (χ3n) is 3.47. The second-order valence-electron chi connectivity index (χ2n) is 5.18. The number of carbonyl (C=O) groups excluding carboxylic acids is 2. The van der Waals surface area contributed by atoms with Crippen LogP contribution in [0, 0.1) is 0 Å². The van der Waals surface area contributed by atoms with Crippen molar-refractivity contribution in [2.24, 2.45) is 0 Å². The molecule has 0 radical (unpaired) electrons. The Labute approximate surface area is 142 Å². The molecule has 0 aliphatic carbocycles. The van der Waals surface area contributed by atoms with Crippen LogP contribution >= 0.6 is 27.3 Å². The number of halogens is 1. The maximum Gasteiger partial charge on any atom is 0.262 e. The average Bonchev–Trinajstić information content (AvgIpc) is 2.95. The molecule has 2 heterocycles. The minimum absolute atomic E-state index is 0.154. The maximum atomic E-state index is 12.0. The van der Waals surface area contributed by atoms with Gasteiger partial charge in [0.2, 0.25) is 5.91 Å². The summed E-state index contributed by atoms with van der Waals surface area (Å²) in [5.74, 6) is -0.375. The summed E-state index contributed by atoms with van der Waals surface area (Å²) in [4.78, 5) is 26.9. The molecule has 2 amide bonds. The monoisotopic (exact) mass is 388 g/mol. The first-order valence-electron chi connectivity index (χ1n) is 7.33. The van der Waals surface area contributed by atoms with Gasteiger partial charge in [0.05, 0.1) is 8.66 Å². The van der Waals surface area contributed by atoms with Crippen molar-refractivity contribution in [3.63, 3.8) is 0 Å². The lowest BCUT2D eigenvalue weighted by Gasteiger charge is -2.27. The molecule has 1 aliphatic rings. The van der Waals surface area contributed by atoms with Crippen LogP contribution in [0.1, 0.15) is 16.6 Å². The molecule has 1 saturated heterocycles. The minimum atomic E-state index is -0.545. The molecule has 22 heavy (non-hydrogen) atoms. The molecule has 1 unspecified atom stereocenters. The molecule has 1 atom stereocenters. The van der Waals surface area contributed by atoms with Crippen LogP contribution < -0.4 is 16.0 Å². The smallest absolute Gasteiger partial charge is 0.262 e. The highest BCUT2D eigenvalue weighted by Gasteiger charge is 2.17. The molecule has 1 fully saturated rings. The van der Waals surface area contributed by atoms with Crippen LogP contribution in [0.2, 0.25) is 0 Å². The van der Waals surface area contributed by atoms with Crippen molar-refractivity contribution >= 4 is 39.1 Å². The van der Waals surface area contributed by atoms with Gasteiger partial charge in [-0.1, -0.05) is 0 Å². The number of hydrogen-bond donors (Lipinski definition) is 3. The van der Waals surface area contributed by atoms with Crippen LogP contribution in [0.4, 0.5) is 0 Å². The Morgan fingerprint density at radius 1 is 1.41 bits per heavy atom. The Morgan fingerprint density at radius 3 is 2.77 bits per heavy atom. The summed E-state index contributed by atoms with van der Waals surface area (Å²) in [6, 6.07) is 3.01. The number of piperazine rings is 1. The first-order chi connectivity index (χ1) is 10.6. The average molecular weight is 389 g/mol. The molecule has 8 heteroatoms. The number of nitrogens with one attached hydrogen (secondary N) is 3. The highest BCUT2D eigenvalue weighted by molar-refractivity contribution is 9.11. The lowest BCUT2D eigenvalue weighted by Crippen LogP contribution is -2.49. The summed E-state index contributed by atoms with van der Waals surface area (Å²) in [5.41, 5.74) is 0. The van der Waals surface area contributed by atoms with Crippen LogP contribution in [0.15, 0.2) is 15.9 Å². The van der Waals surface area contributed by atoms with Crippen molar-refractivity contribution < 1.29 is 9.59 Å². The summed E-state index contributed by atoms with van der Waals surface area (Å²) in [6.45, 7) is 7.15. The van der Waals surface area contributed by atoms with E-state index in [1.165, 1.54) is 11.3 Å². The summed E-state index contributed by atoms with van der Waals surface area (Å²) >= 11 is 4.66. The predicted molar refractivity (Wildman–Crippen MR) is 91.3 cm³/mol. The van der Waals surface area contributed by atoms with Gasteiger partial charge in [-0.25, -0.2) is 0 Å². The molecule has 122 valence electrons. The zero-order chi connectivity index (χ0) is 15.9. The van der Waals surface area contributed by atoms with Crippen molar-refractivity contribution in [3.05, 3.63) is 20.8 Å². The molecule has 3 N–H and O–H groups in total. The van der Waals surface area contributed by atoms with Crippen LogP contribution in [-0.2, 0) is 4.79 Å². The van der Waals surface area contributed by atoms with Gasteiger partial charge in [-0.05, 0) is 35.0 Å². The van der Waals surface area contributed by atoms with Crippen LogP contribution in [-0.4, -0.2) is 62.0 Å². The number of carbonyl (C=O) groups is 2. The summed E-state index contributed by atoms with van der Waals surface area (Å²) in [6.07, 6.45) is 0. The fraction of sp³-hybridized carbons (Fsp3) is 0.571. The second-order valence-corrected chi connectivity index (χ2v) is 7.64. The fourth-order valence-electron chi connectivity index (χ4n) is 2.19. The molecule has 1 aromatic heterocycles. The van der Waals surface area contributed by atoms with Crippen molar-refractivity contribution in [1.29, 1.82) is 0 Å². The Hall–Kier alpha value is -0.960. The Kier molecular flexibility index (Phi) is 6.81. The number of thiophene rings is 1. The van der Waals surface area contributed by atoms with Crippen LogP contribution in [0.3, 0.4) is 0 Å². The fourth-order valence-corrected chi connectivity index (χ4v) is 3.48. The van der Waals surface area contributed by atoms with E-state index >= 15 is 0 Å². The molecule has 0 spiro atoms. The first-order valence-corrected chi connectivity index (χ1v) is 8.94. The Bertz CT molecular complexity index is 517. The number of rotatable bonds is 6. The van der Waals surface area contributed by atoms with Gasteiger partial charge < -0.3 is 16.0 Å². The van der Waals surface area contributed by atoms with Crippen LogP contribution in [0.5, 0.6) is 0 Å². The van der Waals surface area contributed by atoms with Gasteiger partial charge in [-0.15, -0.1) is 11.3 Å². The second kappa shape index (κ2) is 8.61. The maximum absolute atomic E-state index is 12.0. The van der Waals surface area contributed by atoms with Crippen LogP contribution in [0.25, 0.3) is 0 Å². The Morgan fingerprint density at radius 2 is 2.14 bits per heavy atom. The van der Waals surface area contributed by atoms with E-state index in [-0.39, 0.29) is 11.8 Å². The minimum Gasteiger partial charge on any atom is -0.353 e. The van der Waals surface area contributed by atoms with Crippen molar-refractivity contribution in [2.45, 2.75) is 13.0 Å². The van der Waals surface area contributed by atoms with E-state index < -0.39 is 6.04 Å². The SMILES string of the molecule is CC(NC(=O)c1ccc(Br)s1)C(=O)NCCN1CCNCC1. The molecular weight excluding hydrogens is 368 g/mol. The standard InChI is InChI=1S/C14H21BrN4O2S/c1-10(18-14(21)11-2-3-12(15)22-11)13(20)17-6-9-19-7-4-16-5-8-19/h2-3,10,16H,4-9H2,1H3,(H,17,20)(H,18,21). The molecule has 6 nitrogen and oxygen atoms in total. The summed E-state index contributed by atoms with van der Waals surface area (Å²) in [7, 11) is 0. The predicted octanol–water partition coefficient (Wildman–Crippen LogP) is 0.650. The molecule has 0 aromatic carbocycles. The van der Waals surface area contributed by atoms with E-state index in [1.807, 2.05) is 6.07 Å². The molecule has 2 rings (SSSR count). The van der Waals surface area contributed by atoms with E-state index in [0.29, 0.717) is 11.4 Å². The third kappa shape index (κ3) is 5.35. The quantitative estimate of drug-likeness (QED) is 0.668. The Balaban J connectivity index is 1.69. The van der Waals surface area contributed by atoms with Gasteiger partial charge in [-0.2, -0.15) is 0 Å². The topological polar surface area (TPSA) is 73.5 Å². The molecule has 0 saturated carbocycles. The molecule has 1 aliphatic heterocycles.